The lowest BCUT2D eigenvalue weighted by Gasteiger charge is -2.46. The first-order chi connectivity index (χ1) is 16.3. The number of hydrogen-bond acceptors (Lipinski definition) is 3. The van der Waals surface area contributed by atoms with Crippen LogP contribution >= 0.6 is 0 Å². The van der Waals surface area contributed by atoms with E-state index in [0.717, 1.165) is 5.56 Å². The summed E-state index contributed by atoms with van der Waals surface area (Å²) in [6.07, 6.45) is -9.15. The van der Waals surface area contributed by atoms with Crippen molar-refractivity contribution in [1.82, 2.24) is 10.6 Å². The lowest BCUT2D eigenvalue weighted by molar-refractivity contribution is -0.143. The third-order valence-electron chi connectivity index (χ3n) is 7.07. The largest absolute Gasteiger partial charge is 0.416 e. The average Bonchev–Trinajstić information content (AvgIpc) is 3.18. The van der Waals surface area contributed by atoms with E-state index in [1.54, 1.807) is 0 Å². The van der Waals surface area contributed by atoms with E-state index < -0.39 is 35.1 Å². The molecule has 0 aliphatic carbocycles. The molecular formula is C25H26F6N2O2. The van der Waals surface area contributed by atoms with Gasteiger partial charge in [-0.3, -0.25) is 4.79 Å². The molecule has 2 saturated heterocycles. The molecule has 2 heterocycles. The first kappa shape index (κ1) is 25.5. The third-order valence-corrected chi connectivity index (χ3v) is 7.07. The van der Waals surface area contributed by atoms with Gasteiger partial charge in [0.15, 0.2) is 0 Å². The molecule has 3 atom stereocenters. The second kappa shape index (κ2) is 9.13. The summed E-state index contributed by atoms with van der Waals surface area (Å²) < 4.78 is 85.7. The van der Waals surface area contributed by atoms with E-state index in [9.17, 15) is 31.1 Å². The van der Waals surface area contributed by atoms with Gasteiger partial charge in [0.25, 0.3) is 0 Å². The number of carbonyl (C=O) groups excluding carboxylic acids is 1. The number of benzene rings is 2. The Morgan fingerprint density at radius 3 is 2.06 bits per heavy atom. The summed E-state index contributed by atoms with van der Waals surface area (Å²) in [7, 11) is 0. The molecule has 2 fully saturated rings. The highest BCUT2D eigenvalue weighted by molar-refractivity contribution is 5.79. The second-order valence-corrected chi connectivity index (χ2v) is 9.55. The van der Waals surface area contributed by atoms with E-state index in [2.05, 4.69) is 10.6 Å². The molecule has 2 N–H and O–H groups in total. The summed E-state index contributed by atoms with van der Waals surface area (Å²) in [6.45, 7) is 2.57. The lowest BCUT2D eigenvalue weighted by atomic mass is 9.71. The van der Waals surface area contributed by atoms with Crippen LogP contribution in [0.3, 0.4) is 0 Å². The van der Waals surface area contributed by atoms with Crippen molar-refractivity contribution < 1.29 is 35.9 Å². The first-order valence-corrected chi connectivity index (χ1v) is 11.3. The van der Waals surface area contributed by atoms with Crippen molar-refractivity contribution >= 4 is 5.91 Å². The summed E-state index contributed by atoms with van der Waals surface area (Å²) in [6, 6.07) is 10.9. The maximum Gasteiger partial charge on any atom is 0.416 e. The molecule has 2 aromatic rings. The van der Waals surface area contributed by atoms with Crippen LogP contribution < -0.4 is 10.6 Å². The number of hydrogen-bond donors (Lipinski definition) is 2. The van der Waals surface area contributed by atoms with Crippen molar-refractivity contribution in [1.29, 1.82) is 0 Å². The average molecular weight is 500 g/mol. The predicted octanol–water partition coefficient (Wildman–Crippen LogP) is 5.59. The molecule has 0 radical (unpaired) electrons. The van der Waals surface area contributed by atoms with E-state index in [4.69, 9.17) is 4.74 Å². The zero-order valence-corrected chi connectivity index (χ0v) is 19.0. The van der Waals surface area contributed by atoms with Gasteiger partial charge in [0, 0.05) is 24.9 Å². The number of rotatable bonds is 5. The molecule has 35 heavy (non-hydrogen) atoms. The Kier molecular flexibility index (Phi) is 6.65. The van der Waals surface area contributed by atoms with Gasteiger partial charge in [-0.25, -0.2) is 0 Å². The Bertz CT molecular complexity index is 1030. The Morgan fingerprint density at radius 1 is 0.943 bits per heavy atom. The van der Waals surface area contributed by atoms with Gasteiger partial charge < -0.3 is 15.4 Å². The number of halogens is 6. The summed E-state index contributed by atoms with van der Waals surface area (Å²) in [5.74, 6) is -0.00565. The highest BCUT2D eigenvalue weighted by atomic mass is 19.4. The van der Waals surface area contributed by atoms with Gasteiger partial charge in [-0.05, 0) is 49.1 Å². The van der Waals surface area contributed by atoms with Crippen molar-refractivity contribution in [3.8, 4) is 0 Å². The lowest BCUT2D eigenvalue weighted by Crippen LogP contribution is -2.56. The maximum atomic E-state index is 13.3. The molecule has 1 unspecified atom stereocenters. The van der Waals surface area contributed by atoms with Crippen molar-refractivity contribution in [3.05, 3.63) is 70.8 Å². The van der Waals surface area contributed by atoms with Crippen LogP contribution in [-0.4, -0.2) is 25.6 Å². The van der Waals surface area contributed by atoms with E-state index in [-0.39, 0.29) is 29.6 Å². The van der Waals surface area contributed by atoms with Crippen LogP contribution in [0.25, 0.3) is 0 Å². The van der Waals surface area contributed by atoms with Gasteiger partial charge in [-0.2, -0.15) is 26.3 Å². The van der Waals surface area contributed by atoms with E-state index in [0.29, 0.717) is 44.5 Å². The fourth-order valence-corrected chi connectivity index (χ4v) is 4.85. The van der Waals surface area contributed by atoms with Crippen LogP contribution in [0.5, 0.6) is 0 Å². The minimum absolute atomic E-state index is 0.00565. The third kappa shape index (κ3) is 5.48. The van der Waals surface area contributed by atoms with Crippen molar-refractivity contribution in [2.24, 2.45) is 5.41 Å². The Labute approximate surface area is 199 Å². The number of piperidine rings is 1. The van der Waals surface area contributed by atoms with Gasteiger partial charge in [0.05, 0.1) is 29.4 Å². The summed E-state index contributed by atoms with van der Waals surface area (Å²) >= 11 is 0. The maximum absolute atomic E-state index is 13.3. The molecule has 0 aromatic heterocycles. The van der Waals surface area contributed by atoms with E-state index >= 15 is 0 Å². The molecule has 2 aliphatic rings. The smallest absolute Gasteiger partial charge is 0.372 e. The van der Waals surface area contributed by atoms with Crippen molar-refractivity contribution in [2.45, 2.75) is 50.2 Å². The van der Waals surface area contributed by atoms with Crippen LogP contribution in [-0.2, 0) is 27.4 Å². The van der Waals surface area contributed by atoms with Crippen molar-refractivity contribution in [2.75, 3.05) is 19.7 Å². The van der Waals surface area contributed by atoms with Crippen LogP contribution in [0.1, 0.15) is 54.5 Å². The zero-order valence-electron chi connectivity index (χ0n) is 19.0. The fourth-order valence-electron chi connectivity index (χ4n) is 4.85. The number of alkyl halides is 6. The molecular weight excluding hydrogens is 474 g/mol. The fraction of sp³-hybridized carbons (Fsp3) is 0.480. The molecule has 1 spiro atoms. The van der Waals surface area contributed by atoms with Gasteiger partial charge in [0.2, 0.25) is 5.91 Å². The monoisotopic (exact) mass is 500 g/mol. The quantitative estimate of drug-likeness (QED) is 0.527. The molecule has 1 amide bonds. The number of carbonyl (C=O) groups is 1. The Hall–Kier alpha value is -2.59. The van der Waals surface area contributed by atoms with Crippen molar-refractivity contribution in [3.63, 3.8) is 0 Å². The standard InChI is InChI=1S/C25H26F6N2O2/c1-16(17-9-19(24(26,27)28)11-20(10-17)25(29,30)31)35-15-23(18-5-3-2-4-6-18)8-7-22(14-33-23)12-21(34)32-13-22/h2-6,9-11,16,33H,7-8,12-15H2,1H3,(H,32,34)/t16?,22-,23+/m0/s1. The summed E-state index contributed by atoms with van der Waals surface area (Å²) in [4.78, 5) is 11.8. The zero-order chi connectivity index (χ0) is 25.5. The second-order valence-electron chi connectivity index (χ2n) is 9.55. The Balaban J connectivity index is 1.58. The van der Waals surface area contributed by atoms with Gasteiger partial charge in [-0.15, -0.1) is 0 Å². The van der Waals surface area contributed by atoms with Crippen LogP contribution in [0.2, 0.25) is 0 Å². The normalized spacial score (nSPS) is 26.1. The first-order valence-electron chi connectivity index (χ1n) is 11.3. The van der Waals surface area contributed by atoms with E-state index in [1.165, 1.54) is 6.92 Å². The minimum atomic E-state index is -4.92. The highest BCUT2D eigenvalue weighted by Crippen LogP contribution is 2.43. The van der Waals surface area contributed by atoms with Gasteiger partial charge in [-0.1, -0.05) is 30.3 Å². The highest BCUT2D eigenvalue weighted by Gasteiger charge is 2.47. The molecule has 10 heteroatoms. The number of nitrogens with one attached hydrogen (secondary N) is 2. The summed E-state index contributed by atoms with van der Waals surface area (Å²) in [5.41, 5.74) is -2.95. The van der Waals surface area contributed by atoms with E-state index in [1.807, 2.05) is 30.3 Å². The van der Waals surface area contributed by atoms with Gasteiger partial charge in [0.1, 0.15) is 0 Å². The SMILES string of the molecule is CC(OC[C@@]1(c2ccccc2)CC[C@]2(CNC(=O)C2)CN1)c1cc(C(F)(F)F)cc(C(F)(F)F)c1. The molecule has 0 bridgehead atoms. The Morgan fingerprint density at radius 2 is 1.57 bits per heavy atom. The minimum Gasteiger partial charge on any atom is -0.372 e. The predicted molar refractivity (Wildman–Crippen MR) is 116 cm³/mol. The van der Waals surface area contributed by atoms with Crippen LogP contribution in [0, 0.1) is 5.41 Å². The number of ether oxygens (including phenoxy) is 1. The topological polar surface area (TPSA) is 50.4 Å². The molecule has 0 saturated carbocycles. The molecule has 190 valence electrons. The molecule has 4 nitrogen and oxygen atoms in total. The molecule has 2 aliphatic heterocycles. The number of amides is 1. The van der Waals surface area contributed by atoms with Crippen LogP contribution in [0.4, 0.5) is 26.3 Å². The van der Waals surface area contributed by atoms with Crippen LogP contribution in [0.15, 0.2) is 48.5 Å². The molecule has 4 rings (SSSR count). The van der Waals surface area contributed by atoms with Gasteiger partial charge >= 0.3 is 12.4 Å². The molecule has 2 aromatic carbocycles. The summed E-state index contributed by atoms with van der Waals surface area (Å²) in [5, 5.41) is 6.36.